The maximum Gasteiger partial charge on any atom is 0.407 e. The molecule has 11 N–H and O–H groups in total. The molecule has 3 rings (SSSR count). The van der Waals surface area contributed by atoms with E-state index in [2.05, 4.69) is 52.5 Å². The monoisotopic (exact) mass is 874 g/mol. The first-order chi connectivity index (χ1) is 29.1. The standard InChI is InChI=1S/C37H72N13O9P/c1-56-34-33(59-60(2,54)55)31(58-35(34)50-26-11-32(51)46-36(50)52)29-57-37(53)45-27-30-28-49(48-47-30)25-10-24-40-14-4-3-13-39-16-6-18-42-20-8-22-44-23-9-21-43-19-7-17-41-15-5-12-38/h11,26,28,31,33-35,39-44H,3-10,12-25,27,29,38H2,1-2H3,(H,45,53)(H,54,55)(H,46,51,52)/t31-,33?,34+,35-/m1/s1. The van der Waals surface area contributed by atoms with Crippen LogP contribution in [0.3, 0.4) is 0 Å². The zero-order valence-corrected chi connectivity index (χ0v) is 36.4. The number of nitrogens with zero attached hydrogens (tertiary/aromatic N) is 4. The Kier molecular flexibility index (Phi) is 26.3. The quantitative estimate of drug-likeness (QED) is 0.0284. The minimum Gasteiger partial charge on any atom is -0.447 e. The van der Waals surface area contributed by atoms with E-state index in [0.717, 1.165) is 154 Å². The number of unbranched alkanes of at least 4 members (excludes halogenated alkanes) is 1. The maximum absolute atomic E-state index is 12.5. The first kappa shape index (κ1) is 51.2. The molecular weight excluding hydrogens is 801 g/mol. The van der Waals surface area contributed by atoms with Gasteiger partial charge in [-0.3, -0.25) is 28.1 Å². The van der Waals surface area contributed by atoms with Gasteiger partial charge in [-0.2, -0.15) is 0 Å². The predicted octanol–water partition coefficient (Wildman–Crippen LogP) is -1.22. The number of amides is 1. The Morgan fingerprint density at radius 1 is 0.850 bits per heavy atom. The number of methoxy groups -OCH3 is 1. The number of alkyl carbamates (subject to hydrolysis) is 1. The van der Waals surface area contributed by atoms with Crippen LogP contribution in [0.4, 0.5) is 4.79 Å². The van der Waals surface area contributed by atoms with Crippen LogP contribution >= 0.6 is 7.60 Å². The Bertz CT molecular complexity index is 1590. The Morgan fingerprint density at radius 3 is 1.90 bits per heavy atom. The lowest BCUT2D eigenvalue weighted by atomic mass is 10.1. The van der Waals surface area contributed by atoms with Crippen molar-refractivity contribution in [3.63, 3.8) is 0 Å². The fourth-order valence-corrected chi connectivity index (χ4v) is 7.10. The normalized spacial score (nSPS) is 18.8. The number of carbonyl (C=O) groups is 1. The number of rotatable bonds is 36. The van der Waals surface area contributed by atoms with Crippen molar-refractivity contribution in [3.8, 4) is 0 Å². The SMILES string of the molecule is CO[C@H]1C(OP(C)(=O)O)[C@@H](COC(=O)NCc2cn(CCCNCCCCNCCCNCCCNCCCNCCCNCCCN)nn2)O[C@H]1n1ccc(=O)[nH]c1=O. The van der Waals surface area contributed by atoms with Gasteiger partial charge < -0.3 is 62.1 Å². The van der Waals surface area contributed by atoms with Gasteiger partial charge in [0.1, 0.15) is 30.6 Å². The van der Waals surface area contributed by atoms with Crippen LogP contribution in [-0.4, -0.2) is 159 Å². The second kappa shape index (κ2) is 30.8. The summed E-state index contributed by atoms with van der Waals surface area (Å²) in [5, 5.41) is 31.8. The highest BCUT2D eigenvalue weighted by Gasteiger charge is 2.49. The molecule has 1 aliphatic heterocycles. The number of aromatic nitrogens is 5. The van der Waals surface area contributed by atoms with Gasteiger partial charge in [-0.25, -0.2) is 9.59 Å². The molecule has 0 saturated carbocycles. The van der Waals surface area contributed by atoms with Crippen molar-refractivity contribution in [2.45, 2.75) is 89.0 Å². The highest BCUT2D eigenvalue weighted by atomic mass is 31.2. The molecule has 1 aliphatic rings. The second-order valence-electron chi connectivity index (χ2n) is 14.7. The molecule has 2 unspecified atom stereocenters. The third-order valence-electron chi connectivity index (χ3n) is 9.46. The molecule has 1 fully saturated rings. The third kappa shape index (κ3) is 22.1. The molecule has 3 heterocycles. The predicted molar refractivity (Wildman–Crippen MR) is 228 cm³/mol. The molecule has 5 atom stereocenters. The molecule has 22 nitrogen and oxygen atoms in total. The van der Waals surface area contributed by atoms with Gasteiger partial charge in [0.15, 0.2) is 6.23 Å². The number of hydrogen-bond acceptors (Lipinski definition) is 17. The van der Waals surface area contributed by atoms with Crippen LogP contribution in [0.25, 0.3) is 0 Å². The Balaban J connectivity index is 1.13. The highest BCUT2D eigenvalue weighted by Crippen LogP contribution is 2.44. The molecule has 0 bridgehead atoms. The van der Waals surface area contributed by atoms with Crippen molar-refractivity contribution in [1.82, 2.24) is 61.8 Å². The van der Waals surface area contributed by atoms with Crippen LogP contribution in [0.5, 0.6) is 0 Å². The van der Waals surface area contributed by atoms with Crippen molar-refractivity contribution in [2.75, 3.05) is 105 Å². The van der Waals surface area contributed by atoms with Crippen LogP contribution in [0.1, 0.15) is 63.3 Å². The minimum absolute atomic E-state index is 0.0522. The molecule has 23 heteroatoms. The summed E-state index contributed by atoms with van der Waals surface area (Å²) in [6.45, 7) is 14.3. The number of aromatic amines is 1. The zero-order chi connectivity index (χ0) is 43.3. The topological polar surface area (TPSA) is 287 Å². The molecule has 0 radical (unpaired) electrons. The fraction of sp³-hybridized carbons (Fsp3) is 0.811. The van der Waals surface area contributed by atoms with E-state index in [1.165, 1.54) is 13.3 Å². The van der Waals surface area contributed by atoms with Gasteiger partial charge in [0.25, 0.3) is 5.56 Å². The first-order valence-corrected chi connectivity index (χ1v) is 23.4. The molecule has 1 amide bonds. The summed E-state index contributed by atoms with van der Waals surface area (Å²) < 4.78 is 36.9. The van der Waals surface area contributed by atoms with Crippen molar-refractivity contribution in [1.29, 1.82) is 0 Å². The van der Waals surface area contributed by atoms with Gasteiger partial charge in [-0.05, 0) is 136 Å². The Morgan fingerprint density at radius 2 is 1.38 bits per heavy atom. The Hall–Kier alpha value is -3.12. The Labute approximate surface area is 353 Å². The molecule has 0 spiro atoms. The van der Waals surface area contributed by atoms with E-state index >= 15 is 0 Å². The maximum atomic E-state index is 12.5. The van der Waals surface area contributed by atoms with Gasteiger partial charge in [0.2, 0.25) is 0 Å². The van der Waals surface area contributed by atoms with E-state index in [-0.39, 0.29) is 6.54 Å². The summed E-state index contributed by atoms with van der Waals surface area (Å²) in [5.74, 6) is 0. The summed E-state index contributed by atoms with van der Waals surface area (Å²) in [6, 6.07) is 1.12. The van der Waals surface area contributed by atoms with Crippen molar-refractivity contribution in [2.24, 2.45) is 5.73 Å². The van der Waals surface area contributed by atoms with E-state index in [9.17, 15) is 23.8 Å². The lowest BCUT2D eigenvalue weighted by Crippen LogP contribution is -2.40. The van der Waals surface area contributed by atoms with Crippen LogP contribution in [0.15, 0.2) is 28.0 Å². The number of nitrogens with two attached hydrogens (primary N) is 1. The average molecular weight is 874 g/mol. The summed E-state index contributed by atoms with van der Waals surface area (Å²) in [7, 11) is -2.75. The molecule has 344 valence electrons. The van der Waals surface area contributed by atoms with Gasteiger partial charge in [-0.1, -0.05) is 5.21 Å². The number of ether oxygens (including phenoxy) is 3. The molecule has 1 saturated heterocycles. The van der Waals surface area contributed by atoms with Gasteiger partial charge >= 0.3 is 19.4 Å². The molecule has 0 aromatic carbocycles. The highest BCUT2D eigenvalue weighted by molar-refractivity contribution is 7.51. The number of H-pyrrole nitrogens is 1. The third-order valence-corrected chi connectivity index (χ3v) is 10.1. The molecule has 2 aromatic heterocycles. The minimum atomic E-state index is -4.06. The van der Waals surface area contributed by atoms with E-state index in [1.54, 1.807) is 10.9 Å². The molecule has 60 heavy (non-hydrogen) atoms. The van der Waals surface area contributed by atoms with Crippen LogP contribution in [0.2, 0.25) is 0 Å². The van der Waals surface area contributed by atoms with Crippen LogP contribution < -0.4 is 54.2 Å². The summed E-state index contributed by atoms with van der Waals surface area (Å²) in [5.41, 5.74) is 4.62. The van der Waals surface area contributed by atoms with Crippen molar-refractivity contribution in [3.05, 3.63) is 45.0 Å². The van der Waals surface area contributed by atoms with Crippen molar-refractivity contribution >= 4 is 13.7 Å². The zero-order valence-electron chi connectivity index (χ0n) is 35.5. The van der Waals surface area contributed by atoms with Crippen molar-refractivity contribution < 1.29 is 33.0 Å². The molecule has 2 aromatic rings. The van der Waals surface area contributed by atoms with Gasteiger partial charge in [0.05, 0.1) is 12.7 Å². The van der Waals surface area contributed by atoms with Crippen LogP contribution in [-0.2, 0) is 36.4 Å². The second-order valence-corrected chi connectivity index (χ2v) is 16.5. The van der Waals surface area contributed by atoms with E-state index in [1.807, 2.05) is 0 Å². The number of aryl methyl sites for hydroxylation is 1. The van der Waals surface area contributed by atoms with E-state index in [0.29, 0.717) is 12.2 Å². The summed E-state index contributed by atoms with van der Waals surface area (Å²) in [6.07, 6.45) is 6.37. The molecule has 0 aliphatic carbocycles. The van der Waals surface area contributed by atoms with Crippen LogP contribution in [0, 0.1) is 0 Å². The van der Waals surface area contributed by atoms with E-state index in [4.69, 9.17) is 24.5 Å². The largest absolute Gasteiger partial charge is 0.447 e. The number of carbonyl (C=O) groups excluding carboxylic acids is 1. The lowest BCUT2D eigenvalue weighted by Gasteiger charge is -2.24. The summed E-state index contributed by atoms with van der Waals surface area (Å²) >= 11 is 0. The lowest BCUT2D eigenvalue weighted by molar-refractivity contribution is -0.0637. The molecular formula is C37H72N13O9P. The smallest absolute Gasteiger partial charge is 0.407 e. The number of nitrogens with one attached hydrogen (secondary N) is 8. The van der Waals surface area contributed by atoms with Gasteiger partial charge in [-0.15, -0.1) is 5.10 Å². The van der Waals surface area contributed by atoms with E-state index < -0.39 is 56.1 Å². The number of hydrogen-bond donors (Lipinski definition) is 10. The summed E-state index contributed by atoms with van der Waals surface area (Å²) in [4.78, 5) is 48.5. The first-order valence-electron chi connectivity index (χ1n) is 21.3. The average Bonchev–Trinajstić information content (AvgIpc) is 3.81. The van der Waals surface area contributed by atoms with Gasteiger partial charge in [0, 0.05) is 32.6 Å². The fourth-order valence-electron chi connectivity index (χ4n) is 6.39.